The van der Waals surface area contributed by atoms with Crippen LogP contribution >= 0.6 is 0 Å². The number of piperazine rings is 1. The SMILES string of the molecule is COc1ccc(C2=NN(C(=O)CN3CCN(c4ccccn4)CC3)C(c3ccco3)C2)cc1. The quantitative estimate of drug-likeness (QED) is 0.580. The summed E-state index contributed by atoms with van der Waals surface area (Å²) in [5.41, 5.74) is 1.85. The minimum Gasteiger partial charge on any atom is -0.497 e. The van der Waals surface area contributed by atoms with Crippen LogP contribution in [-0.4, -0.2) is 66.3 Å². The van der Waals surface area contributed by atoms with Crippen LogP contribution in [0.3, 0.4) is 0 Å². The van der Waals surface area contributed by atoms with Crippen molar-refractivity contribution in [3.63, 3.8) is 0 Å². The first-order valence-electron chi connectivity index (χ1n) is 11.2. The summed E-state index contributed by atoms with van der Waals surface area (Å²) in [7, 11) is 1.64. The Bertz CT molecular complexity index is 1090. The summed E-state index contributed by atoms with van der Waals surface area (Å²) in [6.45, 7) is 3.61. The van der Waals surface area contributed by atoms with E-state index in [0.717, 1.165) is 54.8 Å². The van der Waals surface area contributed by atoms with Gasteiger partial charge in [0.2, 0.25) is 0 Å². The number of hydrazone groups is 1. The normalized spacial score (nSPS) is 18.9. The van der Waals surface area contributed by atoms with Gasteiger partial charge in [-0.2, -0.15) is 5.10 Å². The molecule has 170 valence electrons. The van der Waals surface area contributed by atoms with Crippen LogP contribution in [-0.2, 0) is 4.79 Å². The van der Waals surface area contributed by atoms with Gasteiger partial charge in [0.25, 0.3) is 5.91 Å². The second kappa shape index (κ2) is 9.46. The lowest BCUT2D eigenvalue weighted by Gasteiger charge is -2.35. The lowest BCUT2D eigenvalue weighted by Crippen LogP contribution is -2.49. The second-order valence-corrected chi connectivity index (χ2v) is 8.20. The number of amides is 1. The number of anilines is 1. The molecule has 0 N–H and O–H groups in total. The average molecular weight is 446 g/mol. The maximum atomic E-state index is 13.3. The van der Waals surface area contributed by atoms with Crippen LogP contribution in [0.4, 0.5) is 5.82 Å². The highest BCUT2D eigenvalue weighted by atomic mass is 16.5. The van der Waals surface area contributed by atoms with Crippen LogP contribution in [0.5, 0.6) is 5.75 Å². The number of furan rings is 1. The lowest BCUT2D eigenvalue weighted by molar-refractivity contribution is -0.134. The second-order valence-electron chi connectivity index (χ2n) is 8.20. The van der Waals surface area contributed by atoms with E-state index in [1.165, 1.54) is 0 Å². The summed E-state index contributed by atoms with van der Waals surface area (Å²) in [6.07, 6.45) is 4.06. The van der Waals surface area contributed by atoms with E-state index >= 15 is 0 Å². The van der Waals surface area contributed by atoms with Crippen molar-refractivity contribution in [1.82, 2.24) is 14.9 Å². The van der Waals surface area contributed by atoms with Crippen LogP contribution in [0, 0.1) is 0 Å². The van der Waals surface area contributed by atoms with Crippen molar-refractivity contribution in [3.05, 3.63) is 78.4 Å². The molecule has 8 nitrogen and oxygen atoms in total. The Kier molecular flexibility index (Phi) is 6.08. The molecule has 2 aliphatic heterocycles. The predicted molar refractivity (Wildman–Crippen MR) is 125 cm³/mol. The summed E-state index contributed by atoms with van der Waals surface area (Å²) in [5.74, 6) is 2.49. The number of rotatable bonds is 6. The minimum absolute atomic E-state index is 0.0220. The fraction of sp³-hybridized carbons (Fsp3) is 0.320. The fourth-order valence-corrected chi connectivity index (χ4v) is 4.34. The number of hydrogen-bond acceptors (Lipinski definition) is 7. The van der Waals surface area contributed by atoms with Crippen LogP contribution in [0.2, 0.25) is 0 Å². The third-order valence-electron chi connectivity index (χ3n) is 6.17. The van der Waals surface area contributed by atoms with E-state index < -0.39 is 0 Å². The zero-order valence-corrected chi connectivity index (χ0v) is 18.6. The van der Waals surface area contributed by atoms with Gasteiger partial charge >= 0.3 is 0 Å². The van der Waals surface area contributed by atoms with Gasteiger partial charge in [0.1, 0.15) is 23.4 Å². The molecule has 1 fully saturated rings. The number of carbonyl (C=O) groups is 1. The lowest BCUT2D eigenvalue weighted by atomic mass is 10.0. The van der Waals surface area contributed by atoms with Crippen LogP contribution < -0.4 is 9.64 Å². The van der Waals surface area contributed by atoms with Crippen molar-refractivity contribution >= 4 is 17.4 Å². The Balaban J connectivity index is 1.28. The van der Waals surface area contributed by atoms with E-state index in [9.17, 15) is 4.79 Å². The number of carbonyl (C=O) groups excluding carboxylic acids is 1. The first kappa shape index (κ1) is 21.2. The fourth-order valence-electron chi connectivity index (χ4n) is 4.34. The van der Waals surface area contributed by atoms with E-state index in [1.807, 2.05) is 60.8 Å². The zero-order valence-electron chi connectivity index (χ0n) is 18.6. The van der Waals surface area contributed by atoms with Gasteiger partial charge in [-0.05, 0) is 54.1 Å². The molecular formula is C25H27N5O3. The molecule has 3 aromatic rings. The van der Waals surface area contributed by atoms with Crippen molar-refractivity contribution in [3.8, 4) is 5.75 Å². The molecule has 0 bridgehead atoms. The Hall–Kier alpha value is -3.65. The predicted octanol–water partition coefficient (Wildman–Crippen LogP) is 3.18. The topological polar surface area (TPSA) is 74.4 Å². The minimum atomic E-state index is -0.237. The summed E-state index contributed by atoms with van der Waals surface area (Å²) < 4.78 is 10.9. The Morgan fingerprint density at radius 2 is 1.88 bits per heavy atom. The molecule has 1 saturated heterocycles. The number of pyridine rings is 1. The zero-order chi connectivity index (χ0) is 22.6. The van der Waals surface area contributed by atoms with Gasteiger partial charge < -0.3 is 14.1 Å². The number of hydrogen-bond donors (Lipinski definition) is 0. The van der Waals surface area contributed by atoms with Gasteiger partial charge in [-0.1, -0.05) is 6.07 Å². The van der Waals surface area contributed by atoms with Crippen molar-refractivity contribution in [1.29, 1.82) is 0 Å². The van der Waals surface area contributed by atoms with Crippen molar-refractivity contribution < 1.29 is 13.9 Å². The van der Waals surface area contributed by atoms with E-state index in [1.54, 1.807) is 18.4 Å². The van der Waals surface area contributed by atoms with E-state index in [4.69, 9.17) is 14.3 Å². The average Bonchev–Trinajstić information content (AvgIpc) is 3.55. The molecule has 2 aromatic heterocycles. The third kappa shape index (κ3) is 4.61. The molecule has 1 unspecified atom stereocenters. The molecule has 1 atom stereocenters. The number of nitrogens with zero attached hydrogens (tertiary/aromatic N) is 5. The Morgan fingerprint density at radius 1 is 1.06 bits per heavy atom. The molecule has 8 heteroatoms. The standard InChI is InChI=1S/C25H27N5O3/c1-32-20-9-7-19(8-10-20)21-17-22(23-5-4-16-33-23)30(27-21)25(31)18-28-12-14-29(15-13-28)24-6-2-3-11-26-24/h2-11,16,22H,12-15,17-18H2,1H3. The smallest absolute Gasteiger partial charge is 0.257 e. The highest BCUT2D eigenvalue weighted by Gasteiger charge is 2.35. The molecule has 5 rings (SSSR count). The summed E-state index contributed by atoms with van der Waals surface area (Å²) in [5, 5.41) is 6.33. The molecule has 0 aliphatic carbocycles. The Morgan fingerprint density at radius 3 is 2.55 bits per heavy atom. The molecule has 33 heavy (non-hydrogen) atoms. The summed E-state index contributed by atoms with van der Waals surface area (Å²) >= 11 is 0. The van der Waals surface area contributed by atoms with Gasteiger partial charge in [0.15, 0.2) is 0 Å². The first-order valence-corrected chi connectivity index (χ1v) is 11.2. The van der Waals surface area contributed by atoms with Crippen LogP contribution in [0.15, 0.2) is 76.6 Å². The highest BCUT2D eigenvalue weighted by Crippen LogP contribution is 2.33. The molecule has 4 heterocycles. The van der Waals surface area contributed by atoms with Crippen LogP contribution in [0.1, 0.15) is 23.8 Å². The molecular weight excluding hydrogens is 418 g/mol. The highest BCUT2D eigenvalue weighted by molar-refractivity contribution is 6.03. The van der Waals surface area contributed by atoms with Crippen LogP contribution in [0.25, 0.3) is 0 Å². The van der Waals surface area contributed by atoms with Crippen molar-refractivity contribution in [2.24, 2.45) is 5.10 Å². The van der Waals surface area contributed by atoms with Crippen molar-refractivity contribution in [2.45, 2.75) is 12.5 Å². The maximum absolute atomic E-state index is 13.3. The summed E-state index contributed by atoms with van der Waals surface area (Å²) in [6, 6.07) is 17.2. The molecule has 0 spiro atoms. The van der Waals surface area contributed by atoms with Gasteiger partial charge in [0, 0.05) is 38.8 Å². The largest absolute Gasteiger partial charge is 0.497 e. The van der Waals surface area contributed by atoms with Gasteiger partial charge in [-0.3, -0.25) is 9.69 Å². The monoisotopic (exact) mass is 445 g/mol. The van der Waals surface area contributed by atoms with Gasteiger partial charge in [0.05, 0.1) is 25.6 Å². The van der Waals surface area contributed by atoms with E-state index in [2.05, 4.69) is 14.8 Å². The molecule has 0 saturated carbocycles. The molecule has 0 radical (unpaired) electrons. The van der Waals surface area contributed by atoms with E-state index in [-0.39, 0.29) is 11.9 Å². The Labute approximate surface area is 193 Å². The number of ether oxygens (including phenoxy) is 1. The molecule has 1 aromatic carbocycles. The summed E-state index contributed by atoms with van der Waals surface area (Å²) in [4.78, 5) is 22.2. The van der Waals surface area contributed by atoms with E-state index in [0.29, 0.717) is 13.0 Å². The maximum Gasteiger partial charge on any atom is 0.257 e. The first-order chi connectivity index (χ1) is 16.2. The molecule has 2 aliphatic rings. The van der Waals surface area contributed by atoms with Gasteiger partial charge in [-0.25, -0.2) is 9.99 Å². The number of benzene rings is 1. The third-order valence-corrected chi connectivity index (χ3v) is 6.17. The van der Waals surface area contributed by atoms with Gasteiger partial charge in [-0.15, -0.1) is 0 Å². The van der Waals surface area contributed by atoms with Crippen molar-refractivity contribution in [2.75, 3.05) is 44.7 Å². The number of methoxy groups -OCH3 is 1. The molecule has 1 amide bonds. The number of aromatic nitrogens is 1.